The first kappa shape index (κ1) is 16.4. The van der Waals surface area contributed by atoms with E-state index in [-0.39, 0.29) is 11.9 Å². The first-order valence-corrected chi connectivity index (χ1v) is 9.28. The monoisotopic (exact) mass is 391 g/mol. The number of nitrogens with zero attached hydrogens (tertiary/aromatic N) is 1. The number of rotatable bonds is 4. The summed E-state index contributed by atoms with van der Waals surface area (Å²) in [6.45, 7) is 1.73. The number of carbonyl (C=O) groups is 1. The molecule has 3 nitrogen and oxygen atoms in total. The van der Waals surface area contributed by atoms with Crippen LogP contribution in [0.3, 0.4) is 0 Å². The minimum absolute atomic E-state index is 0.00939. The zero-order valence-electron chi connectivity index (χ0n) is 12.6. The first-order chi connectivity index (χ1) is 11.1. The van der Waals surface area contributed by atoms with Crippen molar-refractivity contribution in [3.8, 4) is 0 Å². The highest BCUT2D eigenvalue weighted by molar-refractivity contribution is 9.10. The molecule has 0 spiro atoms. The fourth-order valence-electron chi connectivity index (χ4n) is 2.63. The Bertz CT molecular complexity index is 700. The van der Waals surface area contributed by atoms with Crippen molar-refractivity contribution < 1.29 is 9.90 Å². The summed E-state index contributed by atoms with van der Waals surface area (Å²) in [4.78, 5) is 15.5. The number of halogens is 1. The van der Waals surface area contributed by atoms with Crippen LogP contribution in [0.2, 0.25) is 0 Å². The number of carbonyl (C=O) groups excluding carboxylic acids is 1. The first-order valence-electron chi connectivity index (χ1n) is 7.61. The third kappa shape index (κ3) is 4.31. The van der Waals surface area contributed by atoms with Crippen molar-refractivity contribution in [2.24, 2.45) is 0 Å². The third-order valence-electron chi connectivity index (χ3n) is 3.97. The van der Waals surface area contributed by atoms with E-state index in [0.717, 1.165) is 41.0 Å². The number of anilines is 1. The van der Waals surface area contributed by atoms with E-state index >= 15 is 0 Å². The average molecular weight is 392 g/mol. The molecule has 0 bridgehead atoms. The zero-order valence-corrected chi connectivity index (χ0v) is 15.0. The van der Waals surface area contributed by atoms with Crippen LogP contribution in [-0.2, 0) is 0 Å². The molecule has 1 aromatic heterocycles. The fourth-order valence-corrected chi connectivity index (χ4v) is 3.97. The van der Waals surface area contributed by atoms with Gasteiger partial charge in [-0.05, 0) is 71.3 Å². The van der Waals surface area contributed by atoms with E-state index in [2.05, 4.69) is 20.8 Å². The molecule has 5 heteroatoms. The molecule has 0 saturated carbocycles. The van der Waals surface area contributed by atoms with Crippen LogP contribution in [-0.4, -0.2) is 30.1 Å². The second kappa shape index (κ2) is 7.43. The van der Waals surface area contributed by atoms with Crippen molar-refractivity contribution >= 4 is 44.8 Å². The van der Waals surface area contributed by atoms with Crippen LogP contribution in [0.15, 0.2) is 46.3 Å². The zero-order chi connectivity index (χ0) is 16.2. The van der Waals surface area contributed by atoms with Crippen molar-refractivity contribution in [1.29, 1.82) is 0 Å². The van der Waals surface area contributed by atoms with Gasteiger partial charge in [0.15, 0.2) is 5.78 Å². The maximum atomic E-state index is 12.2. The Morgan fingerprint density at radius 2 is 1.96 bits per heavy atom. The van der Waals surface area contributed by atoms with Crippen molar-refractivity contribution in [1.82, 2.24) is 0 Å². The summed E-state index contributed by atoms with van der Waals surface area (Å²) in [6.07, 6.45) is 4.90. The van der Waals surface area contributed by atoms with Gasteiger partial charge >= 0.3 is 0 Å². The number of benzene rings is 1. The van der Waals surface area contributed by atoms with Crippen LogP contribution in [0.25, 0.3) is 6.08 Å². The van der Waals surface area contributed by atoms with Gasteiger partial charge in [0.25, 0.3) is 0 Å². The van der Waals surface area contributed by atoms with Gasteiger partial charge in [-0.25, -0.2) is 0 Å². The van der Waals surface area contributed by atoms with Gasteiger partial charge in [0, 0.05) is 39.1 Å². The summed E-state index contributed by atoms with van der Waals surface area (Å²) in [5.74, 6) is 0.00939. The summed E-state index contributed by atoms with van der Waals surface area (Å²) in [7, 11) is 0. The van der Waals surface area contributed by atoms with Crippen LogP contribution in [0.4, 0.5) is 5.69 Å². The van der Waals surface area contributed by atoms with Gasteiger partial charge in [-0.1, -0.05) is 0 Å². The number of hydrogen-bond donors (Lipinski definition) is 1. The van der Waals surface area contributed by atoms with E-state index in [0.29, 0.717) is 5.56 Å². The Kier molecular flexibility index (Phi) is 5.30. The predicted molar refractivity (Wildman–Crippen MR) is 99.3 cm³/mol. The van der Waals surface area contributed by atoms with Crippen molar-refractivity contribution in [3.05, 3.63) is 56.7 Å². The third-order valence-corrected chi connectivity index (χ3v) is 5.63. The van der Waals surface area contributed by atoms with Gasteiger partial charge in [-0.3, -0.25) is 4.79 Å². The number of thiophene rings is 1. The van der Waals surface area contributed by atoms with Crippen molar-refractivity contribution in [2.75, 3.05) is 18.0 Å². The highest BCUT2D eigenvalue weighted by Crippen LogP contribution is 2.22. The molecule has 0 radical (unpaired) electrons. The van der Waals surface area contributed by atoms with Crippen LogP contribution in [0.5, 0.6) is 0 Å². The summed E-state index contributed by atoms with van der Waals surface area (Å²) < 4.78 is 1.03. The topological polar surface area (TPSA) is 40.5 Å². The van der Waals surface area contributed by atoms with E-state index in [1.54, 1.807) is 17.4 Å². The number of ketones is 1. The van der Waals surface area contributed by atoms with E-state index in [4.69, 9.17) is 0 Å². The van der Waals surface area contributed by atoms with Gasteiger partial charge in [0.05, 0.1) is 6.10 Å². The Hall–Kier alpha value is -1.43. The number of allylic oxidation sites excluding steroid dienone is 1. The molecule has 1 aliphatic rings. The fraction of sp³-hybridized carbons (Fsp3) is 0.278. The molecule has 0 amide bonds. The number of hydrogen-bond acceptors (Lipinski definition) is 4. The second-order valence-corrected chi connectivity index (χ2v) is 7.49. The van der Waals surface area contributed by atoms with Crippen LogP contribution < -0.4 is 4.90 Å². The lowest BCUT2D eigenvalue weighted by Gasteiger charge is -2.31. The Labute approximate surface area is 148 Å². The second-order valence-electron chi connectivity index (χ2n) is 5.63. The Morgan fingerprint density at radius 1 is 1.26 bits per heavy atom. The Balaban J connectivity index is 1.64. The molecule has 2 heterocycles. The molecule has 3 rings (SSSR count). The lowest BCUT2D eigenvalue weighted by molar-refractivity contribution is 0.104. The predicted octanol–water partition coefficient (Wildman–Crippen LogP) is 4.37. The lowest BCUT2D eigenvalue weighted by atomic mass is 10.1. The van der Waals surface area contributed by atoms with Crippen LogP contribution in [0.1, 0.15) is 28.1 Å². The molecular formula is C18H18BrNO2S. The average Bonchev–Trinajstić information content (AvgIpc) is 2.99. The quantitative estimate of drug-likeness (QED) is 0.621. The Morgan fingerprint density at radius 3 is 2.57 bits per heavy atom. The molecule has 1 saturated heterocycles. The molecule has 0 atom stereocenters. The van der Waals surface area contributed by atoms with Gasteiger partial charge < -0.3 is 10.0 Å². The lowest BCUT2D eigenvalue weighted by Crippen LogP contribution is -2.35. The molecule has 1 fully saturated rings. The van der Waals surface area contributed by atoms with E-state index < -0.39 is 0 Å². The van der Waals surface area contributed by atoms with Gasteiger partial charge in [0.2, 0.25) is 0 Å². The smallest absolute Gasteiger partial charge is 0.185 e. The molecular weight excluding hydrogens is 374 g/mol. The summed E-state index contributed by atoms with van der Waals surface area (Å²) in [5.41, 5.74) is 1.80. The minimum Gasteiger partial charge on any atom is -0.393 e. The van der Waals surface area contributed by atoms with Crippen LogP contribution >= 0.6 is 27.3 Å². The van der Waals surface area contributed by atoms with E-state index in [1.807, 2.05) is 41.8 Å². The molecule has 23 heavy (non-hydrogen) atoms. The molecule has 1 aromatic carbocycles. The van der Waals surface area contributed by atoms with Gasteiger partial charge in [-0.2, -0.15) is 0 Å². The summed E-state index contributed by atoms with van der Waals surface area (Å²) in [5, 5.41) is 11.6. The molecule has 0 unspecified atom stereocenters. The molecule has 1 N–H and O–H groups in total. The van der Waals surface area contributed by atoms with Gasteiger partial charge in [0.1, 0.15) is 0 Å². The number of aliphatic hydroxyl groups excluding tert-OH is 1. The number of aliphatic hydroxyl groups is 1. The number of piperidine rings is 1. The van der Waals surface area contributed by atoms with E-state index in [9.17, 15) is 9.90 Å². The standard InChI is InChI=1S/C18H18BrNO2S/c19-14-11-17(23-12-14)5-6-18(22)13-1-3-15(4-2-13)20-9-7-16(21)8-10-20/h1-6,11-12,16,21H,7-10H2. The minimum atomic E-state index is -0.172. The molecule has 120 valence electrons. The highest BCUT2D eigenvalue weighted by Gasteiger charge is 2.17. The van der Waals surface area contributed by atoms with Crippen molar-refractivity contribution in [3.63, 3.8) is 0 Å². The maximum absolute atomic E-state index is 12.2. The maximum Gasteiger partial charge on any atom is 0.185 e. The highest BCUT2D eigenvalue weighted by atomic mass is 79.9. The van der Waals surface area contributed by atoms with E-state index in [1.165, 1.54) is 0 Å². The molecule has 2 aromatic rings. The molecule has 1 aliphatic heterocycles. The van der Waals surface area contributed by atoms with Gasteiger partial charge in [-0.15, -0.1) is 11.3 Å². The van der Waals surface area contributed by atoms with Crippen molar-refractivity contribution in [2.45, 2.75) is 18.9 Å². The SMILES string of the molecule is O=C(C=Cc1cc(Br)cs1)c1ccc(N2CCC(O)CC2)cc1. The largest absolute Gasteiger partial charge is 0.393 e. The normalized spacial score (nSPS) is 16.2. The summed E-state index contributed by atoms with van der Waals surface area (Å²) in [6, 6.07) is 9.71. The molecule has 0 aliphatic carbocycles. The van der Waals surface area contributed by atoms with Crippen LogP contribution in [0, 0.1) is 0 Å². The summed E-state index contributed by atoms with van der Waals surface area (Å²) >= 11 is 5.00.